The second-order valence-electron chi connectivity index (χ2n) is 4.40. The first-order valence-corrected chi connectivity index (χ1v) is 6.66. The lowest BCUT2D eigenvalue weighted by Gasteiger charge is -2.14. The van der Waals surface area contributed by atoms with E-state index < -0.39 is 0 Å². The molecule has 0 radical (unpaired) electrons. The number of nitrogens with one attached hydrogen (secondary N) is 1. The zero-order valence-electron chi connectivity index (χ0n) is 9.46. The Hall–Kier alpha value is -0.730. The van der Waals surface area contributed by atoms with Gasteiger partial charge in [-0.3, -0.25) is 4.79 Å². The molecule has 1 aromatic carbocycles. The van der Waals surface area contributed by atoms with Crippen molar-refractivity contribution in [2.24, 2.45) is 5.92 Å². The van der Waals surface area contributed by atoms with Gasteiger partial charge in [-0.25, -0.2) is 0 Å². The van der Waals surface area contributed by atoms with Gasteiger partial charge in [-0.05, 0) is 30.9 Å². The van der Waals surface area contributed by atoms with Crippen molar-refractivity contribution in [1.82, 2.24) is 5.32 Å². The maximum Gasteiger partial charge on any atom is 0.252 e. The minimum absolute atomic E-state index is 0.119. The van der Waals surface area contributed by atoms with E-state index in [4.69, 9.17) is 23.2 Å². The van der Waals surface area contributed by atoms with Crippen LogP contribution in [0.4, 0.5) is 0 Å². The van der Waals surface area contributed by atoms with Gasteiger partial charge >= 0.3 is 0 Å². The quantitative estimate of drug-likeness (QED) is 0.838. The number of amides is 1. The molecule has 1 aromatic rings. The molecule has 2 rings (SSSR count). The molecule has 2 atom stereocenters. The highest BCUT2D eigenvalue weighted by molar-refractivity contribution is 6.33. The van der Waals surface area contributed by atoms with Crippen LogP contribution in [-0.4, -0.2) is 17.8 Å². The van der Waals surface area contributed by atoms with E-state index in [1.807, 2.05) is 6.07 Å². The summed E-state index contributed by atoms with van der Waals surface area (Å²) in [4.78, 5) is 11.9. The highest BCUT2D eigenvalue weighted by atomic mass is 35.5. The largest absolute Gasteiger partial charge is 0.352 e. The molecule has 1 aliphatic carbocycles. The SMILES string of the molecule is O=C(NCC1CCCC1Cl)c1ccccc1Cl. The Labute approximate surface area is 111 Å². The van der Waals surface area contributed by atoms with E-state index in [2.05, 4.69) is 5.32 Å². The fraction of sp³-hybridized carbons (Fsp3) is 0.462. The van der Waals surface area contributed by atoms with E-state index in [0.717, 1.165) is 19.3 Å². The topological polar surface area (TPSA) is 29.1 Å². The minimum Gasteiger partial charge on any atom is -0.352 e. The molecule has 0 bridgehead atoms. The van der Waals surface area contributed by atoms with Gasteiger partial charge in [-0.2, -0.15) is 0 Å². The molecule has 1 amide bonds. The Morgan fingerprint density at radius 3 is 2.76 bits per heavy atom. The van der Waals surface area contributed by atoms with E-state index in [1.54, 1.807) is 18.2 Å². The van der Waals surface area contributed by atoms with Gasteiger partial charge in [0, 0.05) is 11.9 Å². The van der Waals surface area contributed by atoms with Crippen LogP contribution >= 0.6 is 23.2 Å². The van der Waals surface area contributed by atoms with Crippen LogP contribution in [0.3, 0.4) is 0 Å². The molecule has 17 heavy (non-hydrogen) atoms. The van der Waals surface area contributed by atoms with Gasteiger partial charge in [-0.1, -0.05) is 30.2 Å². The van der Waals surface area contributed by atoms with Crippen LogP contribution in [0, 0.1) is 5.92 Å². The maximum atomic E-state index is 11.9. The number of carbonyl (C=O) groups is 1. The second-order valence-corrected chi connectivity index (χ2v) is 5.36. The van der Waals surface area contributed by atoms with Gasteiger partial charge in [0.15, 0.2) is 0 Å². The molecule has 0 saturated heterocycles. The molecule has 1 N–H and O–H groups in total. The fourth-order valence-electron chi connectivity index (χ4n) is 2.19. The van der Waals surface area contributed by atoms with Gasteiger partial charge in [0.1, 0.15) is 0 Å². The van der Waals surface area contributed by atoms with Crippen LogP contribution < -0.4 is 5.32 Å². The summed E-state index contributed by atoms with van der Waals surface area (Å²) >= 11 is 12.1. The zero-order chi connectivity index (χ0) is 12.3. The van der Waals surface area contributed by atoms with Crippen molar-refractivity contribution >= 4 is 29.1 Å². The Kier molecular flexibility index (Phi) is 4.30. The average molecular weight is 272 g/mol. The van der Waals surface area contributed by atoms with Crippen molar-refractivity contribution in [2.45, 2.75) is 24.6 Å². The molecule has 1 aliphatic rings. The molecular formula is C13H15Cl2NO. The van der Waals surface area contributed by atoms with Crippen LogP contribution in [0.15, 0.2) is 24.3 Å². The molecule has 1 saturated carbocycles. The lowest BCUT2D eigenvalue weighted by atomic mass is 10.1. The standard InChI is InChI=1S/C13H15Cl2NO/c14-11-7-3-4-9(11)8-16-13(17)10-5-1-2-6-12(10)15/h1-2,5-6,9,11H,3-4,7-8H2,(H,16,17). The first-order valence-electron chi connectivity index (χ1n) is 5.85. The molecule has 0 heterocycles. The van der Waals surface area contributed by atoms with Crippen LogP contribution in [0.1, 0.15) is 29.6 Å². The number of alkyl halides is 1. The fourth-order valence-corrected chi connectivity index (χ4v) is 2.78. The molecule has 4 heteroatoms. The normalized spacial score (nSPS) is 23.6. The van der Waals surface area contributed by atoms with Crippen LogP contribution in [0.2, 0.25) is 5.02 Å². The summed E-state index contributed by atoms with van der Waals surface area (Å²) in [6.45, 7) is 0.637. The molecule has 0 aliphatic heterocycles. The Morgan fingerprint density at radius 2 is 2.12 bits per heavy atom. The second kappa shape index (κ2) is 5.74. The molecule has 0 spiro atoms. The van der Waals surface area contributed by atoms with Crippen molar-refractivity contribution in [3.63, 3.8) is 0 Å². The third-order valence-electron chi connectivity index (χ3n) is 3.21. The van der Waals surface area contributed by atoms with E-state index in [0.29, 0.717) is 23.0 Å². The molecular weight excluding hydrogens is 257 g/mol. The van der Waals surface area contributed by atoms with Gasteiger partial charge in [0.05, 0.1) is 10.6 Å². The molecule has 1 fully saturated rings. The Morgan fingerprint density at radius 1 is 1.35 bits per heavy atom. The lowest BCUT2D eigenvalue weighted by molar-refractivity contribution is 0.0948. The third kappa shape index (κ3) is 3.14. The first-order chi connectivity index (χ1) is 8.18. The summed E-state index contributed by atoms with van der Waals surface area (Å²) in [6.07, 6.45) is 3.30. The van der Waals surface area contributed by atoms with Crippen LogP contribution in [-0.2, 0) is 0 Å². The van der Waals surface area contributed by atoms with Gasteiger partial charge < -0.3 is 5.32 Å². The lowest BCUT2D eigenvalue weighted by Crippen LogP contribution is -2.31. The first kappa shape index (κ1) is 12.7. The highest BCUT2D eigenvalue weighted by Gasteiger charge is 2.25. The monoisotopic (exact) mass is 271 g/mol. The number of hydrogen-bond acceptors (Lipinski definition) is 1. The number of rotatable bonds is 3. The summed E-state index contributed by atoms with van der Waals surface area (Å²) < 4.78 is 0. The summed E-state index contributed by atoms with van der Waals surface area (Å²) in [7, 11) is 0. The van der Waals surface area contributed by atoms with Crippen molar-refractivity contribution < 1.29 is 4.79 Å². The summed E-state index contributed by atoms with van der Waals surface area (Å²) in [5, 5.41) is 3.59. The summed E-state index contributed by atoms with van der Waals surface area (Å²) in [6, 6.07) is 7.06. The van der Waals surface area contributed by atoms with E-state index in [1.165, 1.54) is 0 Å². The van der Waals surface area contributed by atoms with E-state index >= 15 is 0 Å². The van der Waals surface area contributed by atoms with Crippen LogP contribution in [0.5, 0.6) is 0 Å². The highest BCUT2D eigenvalue weighted by Crippen LogP contribution is 2.29. The van der Waals surface area contributed by atoms with Gasteiger partial charge in [0.25, 0.3) is 5.91 Å². The maximum absolute atomic E-state index is 11.9. The zero-order valence-corrected chi connectivity index (χ0v) is 11.0. The average Bonchev–Trinajstić information content (AvgIpc) is 2.72. The number of halogens is 2. The van der Waals surface area contributed by atoms with Crippen molar-refractivity contribution in [3.8, 4) is 0 Å². The van der Waals surface area contributed by atoms with Gasteiger partial charge in [-0.15, -0.1) is 11.6 Å². The number of carbonyl (C=O) groups excluding carboxylic acids is 1. The third-order valence-corrected chi connectivity index (χ3v) is 4.11. The smallest absolute Gasteiger partial charge is 0.252 e. The molecule has 0 aromatic heterocycles. The minimum atomic E-state index is -0.119. The predicted molar refractivity (Wildman–Crippen MR) is 70.8 cm³/mol. The molecule has 92 valence electrons. The van der Waals surface area contributed by atoms with Crippen LogP contribution in [0.25, 0.3) is 0 Å². The van der Waals surface area contributed by atoms with E-state index in [9.17, 15) is 4.79 Å². The summed E-state index contributed by atoms with van der Waals surface area (Å²) in [5.74, 6) is 0.273. The number of hydrogen-bond donors (Lipinski definition) is 1. The molecule has 2 unspecified atom stereocenters. The summed E-state index contributed by atoms with van der Waals surface area (Å²) in [5.41, 5.74) is 0.526. The van der Waals surface area contributed by atoms with Crippen molar-refractivity contribution in [3.05, 3.63) is 34.9 Å². The van der Waals surface area contributed by atoms with Crippen molar-refractivity contribution in [2.75, 3.05) is 6.54 Å². The Balaban J connectivity index is 1.91. The van der Waals surface area contributed by atoms with E-state index in [-0.39, 0.29) is 11.3 Å². The Bertz CT molecular complexity index is 408. The van der Waals surface area contributed by atoms with Crippen molar-refractivity contribution in [1.29, 1.82) is 0 Å². The predicted octanol–water partition coefficient (Wildman–Crippen LogP) is 3.48. The molecule has 2 nitrogen and oxygen atoms in total. The van der Waals surface area contributed by atoms with Gasteiger partial charge in [0.2, 0.25) is 0 Å². The number of benzene rings is 1.